The van der Waals surface area contributed by atoms with Crippen molar-refractivity contribution in [3.05, 3.63) is 58.1 Å². The number of carbonyl (C=O) groups excluding carboxylic acids is 1. The van der Waals surface area contributed by atoms with Gasteiger partial charge in [-0.1, -0.05) is 12.1 Å². The monoisotopic (exact) mass is 346 g/mol. The lowest BCUT2D eigenvalue weighted by molar-refractivity contribution is 0.0950. The average molecular weight is 346 g/mol. The van der Waals surface area contributed by atoms with E-state index >= 15 is 0 Å². The highest BCUT2D eigenvalue weighted by Crippen LogP contribution is 2.20. The first kappa shape index (κ1) is 16.6. The largest absolute Gasteiger partial charge is 0.351 e. The molecule has 0 saturated carbocycles. The molecule has 1 aromatic carbocycles. The fourth-order valence-corrected chi connectivity index (χ4v) is 3.42. The Morgan fingerprint density at radius 3 is 2.88 bits per heavy atom. The fourth-order valence-electron chi connectivity index (χ4n) is 2.53. The molecule has 2 N–H and O–H groups in total. The van der Waals surface area contributed by atoms with Gasteiger partial charge in [0, 0.05) is 30.7 Å². The van der Waals surface area contributed by atoms with Gasteiger partial charge in [0.05, 0.1) is 17.0 Å². The van der Waals surface area contributed by atoms with Crippen LogP contribution in [0, 0.1) is 19.7 Å². The number of nitrogens with one attached hydrogen (secondary N) is 2. The highest BCUT2D eigenvalue weighted by molar-refractivity contribution is 7.17. The van der Waals surface area contributed by atoms with E-state index in [1.165, 1.54) is 17.0 Å². The number of amides is 1. The average Bonchev–Trinajstić information content (AvgIpc) is 3.03. The maximum absolute atomic E-state index is 13.5. The first-order valence-electron chi connectivity index (χ1n) is 7.73. The number of carbonyl (C=O) groups is 1. The molecular formula is C17H19FN4OS. The molecule has 0 aliphatic rings. The molecule has 0 radical (unpaired) electrons. The molecule has 3 rings (SSSR count). The number of imidazole rings is 1. The second-order valence-corrected chi connectivity index (χ2v) is 6.76. The number of thiazole rings is 1. The summed E-state index contributed by atoms with van der Waals surface area (Å²) in [5.74, 6) is -0.903. The van der Waals surface area contributed by atoms with E-state index in [4.69, 9.17) is 0 Å². The second kappa shape index (κ2) is 7.11. The topological polar surface area (TPSA) is 58.4 Å². The van der Waals surface area contributed by atoms with Gasteiger partial charge in [-0.15, -0.1) is 11.3 Å². The Kier molecular flexibility index (Phi) is 4.92. The van der Waals surface area contributed by atoms with Crippen molar-refractivity contribution < 1.29 is 9.18 Å². The lowest BCUT2D eigenvalue weighted by Crippen LogP contribution is -2.32. The molecular weight excluding hydrogens is 327 g/mol. The Bertz CT molecular complexity index is 871. The first-order chi connectivity index (χ1) is 11.6. The highest BCUT2D eigenvalue weighted by Gasteiger charge is 2.11. The molecule has 1 amide bonds. The Balaban J connectivity index is 1.49. The minimum atomic E-state index is -0.506. The van der Waals surface area contributed by atoms with Crippen molar-refractivity contribution in [3.8, 4) is 0 Å². The fraction of sp³-hybridized carbons (Fsp3) is 0.294. The molecule has 0 aliphatic carbocycles. The third kappa shape index (κ3) is 3.47. The molecule has 0 bridgehead atoms. The zero-order valence-electron chi connectivity index (χ0n) is 13.6. The standard InChI is InChI=1S/C17H19FN4OS/c1-11-10-22-15(12(2)21-17(22)24-11)9-19-7-8-20-16(23)13-5-3-4-6-14(13)18/h3-6,10,19H,7-9H2,1-2H3,(H,20,23). The van der Waals surface area contributed by atoms with E-state index in [0.29, 0.717) is 19.6 Å². The van der Waals surface area contributed by atoms with Crippen molar-refractivity contribution in [2.75, 3.05) is 13.1 Å². The summed E-state index contributed by atoms with van der Waals surface area (Å²) in [6.07, 6.45) is 2.08. The number of nitrogens with zero attached hydrogens (tertiary/aromatic N) is 2. The van der Waals surface area contributed by atoms with Crippen molar-refractivity contribution in [1.29, 1.82) is 0 Å². The van der Waals surface area contributed by atoms with E-state index in [2.05, 4.69) is 33.1 Å². The third-order valence-electron chi connectivity index (χ3n) is 3.74. The second-order valence-electron chi connectivity index (χ2n) is 5.55. The van der Waals surface area contributed by atoms with Crippen molar-refractivity contribution >= 4 is 22.2 Å². The molecule has 24 heavy (non-hydrogen) atoms. The zero-order valence-corrected chi connectivity index (χ0v) is 14.4. The summed E-state index contributed by atoms with van der Waals surface area (Å²) >= 11 is 1.67. The van der Waals surface area contributed by atoms with E-state index in [1.54, 1.807) is 23.5 Å². The predicted octanol–water partition coefficient (Wildman–Crippen LogP) is 2.67. The van der Waals surface area contributed by atoms with Crippen LogP contribution in [0.15, 0.2) is 30.5 Å². The van der Waals surface area contributed by atoms with Crippen LogP contribution >= 0.6 is 11.3 Å². The van der Waals surface area contributed by atoms with E-state index < -0.39 is 11.7 Å². The van der Waals surface area contributed by atoms with Crippen LogP contribution in [0.2, 0.25) is 0 Å². The van der Waals surface area contributed by atoms with Gasteiger partial charge in [0.2, 0.25) is 0 Å². The molecule has 0 aliphatic heterocycles. The number of aromatic nitrogens is 2. The van der Waals surface area contributed by atoms with Gasteiger partial charge >= 0.3 is 0 Å². The van der Waals surface area contributed by atoms with Crippen LogP contribution in [0.25, 0.3) is 4.96 Å². The Morgan fingerprint density at radius 2 is 2.08 bits per heavy atom. The Morgan fingerprint density at radius 1 is 1.29 bits per heavy atom. The van der Waals surface area contributed by atoms with Crippen LogP contribution < -0.4 is 10.6 Å². The molecule has 0 unspecified atom stereocenters. The van der Waals surface area contributed by atoms with E-state index in [-0.39, 0.29) is 5.56 Å². The van der Waals surface area contributed by atoms with E-state index in [9.17, 15) is 9.18 Å². The van der Waals surface area contributed by atoms with Gasteiger partial charge < -0.3 is 10.6 Å². The van der Waals surface area contributed by atoms with Crippen LogP contribution in [0.1, 0.15) is 26.6 Å². The first-order valence-corrected chi connectivity index (χ1v) is 8.55. The van der Waals surface area contributed by atoms with E-state index in [1.807, 2.05) is 6.92 Å². The number of hydrogen-bond acceptors (Lipinski definition) is 4. The lowest BCUT2D eigenvalue weighted by atomic mass is 10.2. The summed E-state index contributed by atoms with van der Waals surface area (Å²) in [6.45, 7) is 5.74. The molecule has 0 fully saturated rings. The quantitative estimate of drug-likeness (QED) is 0.675. The number of hydrogen-bond donors (Lipinski definition) is 2. The number of benzene rings is 1. The molecule has 7 heteroatoms. The minimum absolute atomic E-state index is 0.0691. The van der Waals surface area contributed by atoms with Gasteiger partial charge in [-0.25, -0.2) is 9.37 Å². The summed E-state index contributed by atoms with van der Waals surface area (Å²) in [6, 6.07) is 5.97. The Labute approximate surface area is 143 Å². The lowest BCUT2D eigenvalue weighted by Gasteiger charge is -2.08. The van der Waals surface area contributed by atoms with Crippen molar-refractivity contribution in [2.45, 2.75) is 20.4 Å². The summed E-state index contributed by atoms with van der Waals surface area (Å²) in [5, 5.41) is 6.00. The maximum atomic E-state index is 13.5. The van der Waals surface area contributed by atoms with Crippen LogP contribution in [0.5, 0.6) is 0 Å². The minimum Gasteiger partial charge on any atom is -0.351 e. The predicted molar refractivity (Wildman–Crippen MR) is 93.0 cm³/mol. The van der Waals surface area contributed by atoms with E-state index in [0.717, 1.165) is 16.3 Å². The van der Waals surface area contributed by atoms with Crippen molar-refractivity contribution in [3.63, 3.8) is 0 Å². The van der Waals surface area contributed by atoms with Crippen molar-refractivity contribution in [2.24, 2.45) is 0 Å². The smallest absolute Gasteiger partial charge is 0.254 e. The number of fused-ring (bicyclic) bond motifs is 1. The molecule has 126 valence electrons. The molecule has 3 aromatic rings. The zero-order chi connectivity index (χ0) is 17.1. The maximum Gasteiger partial charge on any atom is 0.254 e. The summed E-state index contributed by atoms with van der Waals surface area (Å²) in [4.78, 5) is 18.7. The van der Waals surface area contributed by atoms with Gasteiger partial charge in [0.1, 0.15) is 5.82 Å². The molecule has 0 saturated heterocycles. The molecule has 0 atom stereocenters. The van der Waals surface area contributed by atoms with Gasteiger partial charge in [-0.05, 0) is 26.0 Å². The SMILES string of the molecule is Cc1cn2c(CNCCNC(=O)c3ccccc3F)c(C)nc2s1. The molecule has 5 nitrogen and oxygen atoms in total. The van der Waals surface area contributed by atoms with Crippen LogP contribution in [-0.2, 0) is 6.54 Å². The summed E-state index contributed by atoms with van der Waals surface area (Å²) < 4.78 is 15.6. The summed E-state index contributed by atoms with van der Waals surface area (Å²) in [5.41, 5.74) is 2.19. The van der Waals surface area contributed by atoms with Crippen LogP contribution in [0.4, 0.5) is 4.39 Å². The number of rotatable bonds is 6. The number of aryl methyl sites for hydroxylation is 2. The summed E-state index contributed by atoms with van der Waals surface area (Å²) in [7, 11) is 0. The van der Waals surface area contributed by atoms with Gasteiger partial charge in [0.15, 0.2) is 4.96 Å². The highest BCUT2D eigenvalue weighted by atomic mass is 32.1. The molecule has 2 heterocycles. The van der Waals surface area contributed by atoms with Crippen molar-refractivity contribution in [1.82, 2.24) is 20.0 Å². The van der Waals surface area contributed by atoms with Crippen LogP contribution in [-0.4, -0.2) is 28.4 Å². The normalized spacial score (nSPS) is 11.1. The van der Waals surface area contributed by atoms with Gasteiger partial charge in [0.25, 0.3) is 5.91 Å². The molecule has 2 aromatic heterocycles. The molecule has 0 spiro atoms. The van der Waals surface area contributed by atoms with Gasteiger partial charge in [-0.3, -0.25) is 9.20 Å². The number of halogens is 1. The Hall–Kier alpha value is -2.25. The third-order valence-corrected chi connectivity index (χ3v) is 4.64. The van der Waals surface area contributed by atoms with Gasteiger partial charge in [-0.2, -0.15) is 0 Å². The van der Waals surface area contributed by atoms with Crippen LogP contribution in [0.3, 0.4) is 0 Å².